The molecule has 2 N–H and O–H groups in total. The van der Waals surface area contributed by atoms with E-state index in [4.69, 9.17) is 57.4 Å². The van der Waals surface area contributed by atoms with E-state index in [1.54, 1.807) is 0 Å². The predicted molar refractivity (Wildman–Crippen MR) is 68.5 cm³/mol. The monoisotopic (exact) mass is 297 g/mol. The van der Waals surface area contributed by atoms with Crippen molar-refractivity contribution >= 4 is 52.1 Å². The van der Waals surface area contributed by atoms with Crippen molar-refractivity contribution in [2.75, 3.05) is 18.0 Å². The van der Waals surface area contributed by atoms with Gasteiger partial charge in [0.2, 0.25) is 0 Å². The van der Waals surface area contributed by atoms with Crippen LogP contribution < -0.4 is 10.6 Å². The third-order valence-electron chi connectivity index (χ3n) is 1.85. The Kier molecular flexibility index (Phi) is 4.97. The number of hydrogen-bond acceptors (Lipinski definition) is 3. The third-order valence-corrected chi connectivity index (χ3v) is 3.59. The highest BCUT2D eigenvalue weighted by Crippen LogP contribution is 2.41. The first-order chi connectivity index (χ1) is 7.52. The molecule has 3 nitrogen and oxygen atoms in total. The Morgan fingerprint density at radius 1 is 1.19 bits per heavy atom. The molecule has 1 aromatic carbocycles. The van der Waals surface area contributed by atoms with Crippen molar-refractivity contribution in [3.63, 3.8) is 0 Å². The van der Waals surface area contributed by atoms with Crippen LogP contribution in [0.15, 0.2) is 6.07 Å². The highest BCUT2D eigenvalue weighted by atomic mass is 35.5. The lowest BCUT2D eigenvalue weighted by molar-refractivity contribution is 0.924. The van der Waals surface area contributed by atoms with Crippen LogP contribution >= 0.6 is 46.4 Å². The van der Waals surface area contributed by atoms with E-state index in [1.807, 2.05) is 6.19 Å². The van der Waals surface area contributed by atoms with Gasteiger partial charge in [0.15, 0.2) is 6.19 Å². The van der Waals surface area contributed by atoms with Gasteiger partial charge in [0.05, 0.1) is 25.8 Å². The Balaban J connectivity index is 3.29. The lowest BCUT2D eigenvalue weighted by Gasteiger charge is -2.17. The van der Waals surface area contributed by atoms with Gasteiger partial charge in [0.1, 0.15) is 0 Å². The minimum atomic E-state index is 0.128. The molecule has 0 spiro atoms. The van der Waals surface area contributed by atoms with E-state index >= 15 is 0 Å². The summed E-state index contributed by atoms with van der Waals surface area (Å²) in [6.45, 7) is 0.631. The Hall–Kier alpha value is -0.370. The Bertz CT molecular complexity index is 441. The number of anilines is 1. The number of rotatable bonds is 3. The summed E-state index contributed by atoms with van der Waals surface area (Å²) < 4.78 is 0. The van der Waals surface area contributed by atoms with Gasteiger partial charge in [-0.3, -0.25) is 4.90 Å². The van der Waals surface area contributed by atoms with Crippen LogP contribution in [0.5, 0.6) is 0 Å². The van der Waals surface area contributed by atoms with Crippen LogP contribution in [0, 0.1) is 11.5 Å². The second-order valence-electron chi connectivity index (χ2n) is 2.86. The van der Waals surface area contributed by atoms with Gasteiger partial charge in [0, 0.05) is 13.1 Å². The molecular weight excluding hydrogens is 292 g/mol. The topological polar surface area (TPSA) is 53.0 Å². The molecule has 1 rings (SSSR count). The van der Waals surface area contributed by atoms with Gasteiger partial charge in [-0.15, -0.1) is 0 Å². The quantitative estimate of drug-likeness (QED) is 0.402. The van der Waals surface area contributed by atoms with Gasteiger partial charge in [-0.1, -0.05) is 46.4 Å². The van der Waals surface area contributed by atoms with Crippen LogP contribution in [0.3, 0.4) is 0 Å². The molecule has 0 aliphatic carbocycles. The van der Waals surface area contributed by atoms with Gasteiger partial charge in [0.25, 0.3) is 0 Å². The Labute approximate surface area is 113 Å². The highest BCUT2D eigenvalue weighted by molar-refractivity contribution is 6.52. The number of nitrogens with zero attached hydrogens (tertiary/aromatic N) is 2. The smallest absolute Gasteiger partial charge is 0.184 e. The van der Waals surface area contributed by atoms with Crippen molar-refractivity contribution in [2.45, 2.75) is 0 Å². The summed E-state index contributed by atoms with van der Waals surface area (Å²) >= 11 is 23.5. The maximum Gasteiger partial charge on any atom is 0.184 e. The van der Waals surface area contributed by atoms with Crippen molar-refractivity contribution in [3.8, 4) is 6.19 Å². The molecule has 0 amide bonds. The molecule has 0 fully saturated rings. The molecule has 0 radical (unpaired) electrons. The van der Waals surface area contributed by atoms with Crippen molar-refractivity contribution in [1.82, 2.24) is 0 Å². The van der Waals surface area contributed by atoms with E-state index in [0.29, 0.717) is 18.8 Å². The molecule has 0 aliphatic rings. The number of halogens is 4. The maximum atomic E-state index is 8.93. The summed E-state index contributed by atoms with van der Waals surface area (Å²) in [6.07, 6.45) is 1.94. The molecule has 0 atom stereocenters. The summed E-state index contributed by atoms with van der Waals surface area (Å²) in [5, 5.41) is 9.65. The fourth-order valence-corrected chi connectivity index (χ4v) is 2.00. The first kappa shape index (κ1) is 13.7. The van der Waals surface area contributed by atoms with E-state index in [2.05, 4.69) is 0 Å². The average molecular weight is 299 g/mol. The summed E-state index contributed by atoms with van der Waals surface area (Å²) in [4.78, 5) is 1.30. The Morgan fingerprint density at radius 3 is 2.31 bits per heavy atom. The normalized spacial score (nSPS) is 10.0. The van der Waals surface area contributed by atoms with E-state index in [1.165, 1.54) is 11.0 Å². The lowest BCUT2D eigenvalue weighted by Crippen LogP contribution is -2.24. The second kappa shape index (κ2) is 5.81. The SMILES string of the molecule is N#CN(CCN)c1cc(Cl)c(Cl)c(Cl)c1Cl. The molecule has 86 valence electrons. The van der Waals surface area contributed by atoms with E-state index in [-0.39, 0.29) is 20.1 Å². The number of nitriles is 1. The van der Waals surface area contributed by atoms with Gasteiger partial charge in [-0.25, -0.2) is 0 Å². The van der Waals surface area contributed by atoms with Crippen molar-refractivity contribution in [3.05, 3.63) is 26.2 Å². The fourth-order valence-electron chi connectivity index (χ4n) is 1.11. The van der Waals surface area contributed by atoms with E-state index < -0.39 is 0 Å². The largest absolute Gasteiger partial charge is 0.329 e. The fraction of sp³-hybridized carbons (Fsp3) is 0.222. The predicted octanol–water partition coefficient (Wildman–Crippen LogP) is 3.55. The van der Waals surface area contributed by atoms with Crippen molar-refractivity contribution < 1.29 is 0 Å². The minimum absolute atomic E-state index is 0.128. The first-order valence-corrected chi connectivity index (χ1v) is 5.74. The molecule has 7 heteroatoms. The van der Waals surface area contributed by atoms with E-state index in [0.717, 1.165) is 0 Å². The molecule has 16 heavy (non-hydrogen) atoms. The number of hydrogen-bond donors (Lipinski definition) is 1. The molecule has 0 saturated heterocycles. The minimum Gasteiger partial charge on any atom is -0.329 e. The van der Waals surface area contributed by atoms with Crippen molar-refractivity contribution in [2.24, 2.45) is 5.73 Å². The summed E-state index contributed by atoms with van der Waals surface area (Å²) in [7, 11) is 0. The van der Waals surface area contributed by atoms with Crippen LogP contribution in [-0.2, 0) is 0 Å². The first-order valence-electron chi connectivity index (χ1n) is 4.23. The van der Waals surface area contributed by atoms with Crippen LogP contribution in [0.1, 0.15) is 0 Å². The molecule has 0 saturated carbocycles. The molecule has 1 aromatic rings. The molecular formula is C9H7Cl4N3. The highest BCUT2D eigenvalue weighted by Gasteiger charge is 2.17. The molecule has 0 heterocycles. The summed E-state index contributed by atoms with van der Waals surface area (Å²) in [5.41, 5.74) is 5.77. The third kappa shape index (κ3) is 2.65. The van der Waals surface area contributed by atoms with Gasteiger partial charge >= 0.3 is 0 Å². The van der Waals surface area contributed by atoms with E-state index in [9.17, 15) is 0 Å². The van der Waals surface area contributed by atoms with Gasteiger partial charge in [-0.05, 0) is 6.07 Å². The molecule has 0 aromatic heterocycles. The van der Waals surface area contributed by atoms with Gasteiger partial charge < -0.3 is 5.73 Å². The summed E-state index contributed by atoms with van der Waals surface area (Å²) in [5.74, 6) is 0. The van der Waals surface area contributed by atoms with Gasteiger partial charge in [-0.2, -0.15) is 5.26 Å². The maximum absolute atomic E-state index is 8.93. The number of benzene rings is 1. The van der Waals surface area contributed by atoms with Crippen LogP contribution in [0.25, 0.3) is 0 Å². The lowest BCUT2D eigenvalue weighted by atomic mass is 10.3. The van der Waals surface area contributed by atoms with Crippen LogP contribution in [-0.4, -0.2) is 13.1 Å². The standard InChI is InChI=1S/C9H7Cl4N3/c10-5-3-6(16(4-15)2-1-14)8(12)9(13)7(5)11/h3H,1-2,14H2. The van der Waals surface area contributed by atoms with Crippen LogP contribution in [0.4, 0.5) is 5.69 Å². The average Bonchev–Trinajstić information content (AvgIpc) is 2.28. The summed E-state index contributed by atoms with van der Waals surface area (Å²) in [6, 6.07) is 1.48. The zero-order valence-corrected chi connectivity index (χ0v) is 11.0. The molecule has 0 unspecified atom stereocenters. The molecule has 0 aliphatic heterocycles. The van der Waals surface area contributed by atoms with Crippen LogP contribution in [0.2, 0.25) is 20.1 Å². The zero-order valence-electron chi connectivity index (χ0n) is 7.98. The second-order valence-corrected chi connectivity index (χ2v) is 4.40. The molecule has 0 bridgehead atoms. The Morgan fingerprint density at radius 2 is 1.81 bits per heavy atom. The number of nitrogens with two attached hydrogens (primary N) is 1. The zero-order chi connectivity index (χ0) is 12.3. The van der Waals surface area contributed by atoms with Crippen molar-refractivity contribution in [1.29, 1.82) is 5.26 Å².